The van der Waals surface area contributed by atoms with Crippen LogP contribution in [0.2, 0.25) is 0 Å². The highest BCUT2D eigenvalue weighted by molar-refractivity contribution is 9.09. The highest BCUT2D eigenvalue weighted by Gasteiger charge is 2.36. The van der Waals surface area contributed by atoms with Gasteiger partial charge in [0.2, 0.25) is 0 Å². The van der Waals surface area contributed by atoms with Gasteiger partial charge >= 0.3 is 0 Å². The zero-order chi connectivity index (χ0) is 12.6. The van der Waals surface area contributed by atoms with Crippen LogP contribution in [0.4, 0.5) is 5.69 Å². The van der Waals surface area contributed by atoms with Crippen molar-refractivity contribution < 1.29 is 14.5 Å². The first kappa shape index (κ1) is 11.7. The Morgan fingerprint density at radius 3 is 2.47 bits per heavy atom. The second kappa shape index (κ2) is 4.25. The van der Waals surface area contributed by atoms with Gasteiger partial charge < -0.3 is 0 Å². The van der Waals surface area contributed by atoms with Crippen molar-refractivity contribution in [2.24, 2.45) is 0 Å². The maximum atomic E-state index is 11.8. The number of non-ortho nitro benzene ring substituents is 1. The van der Waals surface area contributed by atoms with E-state index in [9.17, 15) is 19.7 Å². The monoisotopic (exact) mass is 298 g/mol. The number of alkyl halides is 1. The Morgan fingerprint density at radius 2 is 1.88 bits per heavy atom. The molecule has 0 spiro atoms. The first-order chi connectivity index (χ1) is 8.06. The fourth-order valence-electron chi connectivity index (χ4n) is 1.68. The van der Waals surface area contributed by atoms with Gasteiger partial charge in [-0.3, -0.25) is 24.6 Å². The van der Waals surface area contributed by atoms with Crippen molar-refractivity contribution in [1.29, 1.82) is 0 Å². The van der Waals surface area contributed by atoms with Crippen molar-refractivity contribution in [3.8, 4) is 0 Å². The van der Waals surface area contributed by atoms with Crippen molar-refractivity contribution in [3.05, 3.63) is 39.4 Å². The van der Waals surface area contributed by atoms with Crippen LogP contribution in [0.25, 0.3) is 0 Å². The quantitative estimate of drug-likeness (QED) is 0.367. The highest BCUT2D eigenvalue weighted by Crippen LogP contribution is 2.26. The fraction of sp³-hybridized carbons (Fsp3) is 0.200. The molecule has 6 nitrogen and oxygen atoms in total. The van der Waals surface area contributed by atoms with E-state index in [1.54, 1.807) is 0 Å². The summed E-state index contributed by atoms with van der Waals surface area (Å²) in [5.74, 6) is -0.882. The van der Waals surface area contributed by atoms with E-state index >= 15 is 0 Å². The average molecular weight is 299 g/mol. The van der Waals surface area contributed by atoms with Crippen molar-refractivity contribution >= 4 is 33.4 Å². The minimum atomic E-state index is -0.592. The van der Waals surface area contributed by atoms with Crippen LogP contribution in [0.3, 0.4) is 0 Å². The third-order valence-corrected chi connectivity index (χ3v) is 2.83. The molecule has 1 heterocycles. The summed E-state index contributed by atoms with van der Waals surface area (Å²) in [6, 6.07) is 3.69. The molecule has 0 bridgehead atoms. The molecule has 0 saturated carbocycles. The molecule has 2 rings (SSSR count). The molecule has 0 fully saturated rings. The number of imide groups is 1. The summed E-state index contributed by atoms with van der Waals surface area (Å²) in [5, 5.41) is 11.1. The van der Waals surface area contributed by atoms with E-state index in [1.165, 1.54) is 12.1 Å². The van der Waals surface area contributed by atoms with E-state index in [4.69, 9.17) is 0 Å². The minimum absolute atomic E-state index is 0.102. The molecule has 0 unspecified atom stereocenters. The lowest BCUT2D eigenvalue weighted by molar-refractivity contribution is -0.384. The van der Waals surface area contributed by atoms with Crippen molar-refractivity contribution in [3.63, 3.8) is 0 Å². The lowest BCUT2D eigenvalue weighted by Crippen LogP contribution is -2.31. The summed E-state index contributed by atoms with van der Waals surface area (Å²) in [4.78, 5) is 34.7. The summed E-state index contributed by atoms with van der Waals surface area (Å²) >= 11 is 3.14. The van der Waals surface area contributed by atoms with Crippen LogP contribution >= 0.6 is 15.9 Å². The summed E-state index contributed by atoms with van der Waals surface area (Å²) in [7, 11) is 0. The molecular weight excluding hydrogens is 292 g/mol. The SMILES string of the molecule is O=C1c2ccc([N+](=O)[O-])cc2C(=O)N1CCBr. The molecule has 2 amide bonds. The highest BCUT2D eigenvalue weighted by atomic mass is 79.9. The van der Waals surface area contributed by atoms with E-state index in [2.05, 4.69) is 15.9 Å². The Kier molecular flexibility index (Phi) is 2.93. The van der Waals surface area contributed by atoms with Gasteiger partial charge in [0.25, 0.3) is 17.5 Å². The third-order valence-electron chi connectivity index (χ3n) is 2.47. The van der Waals surface area contributed by atoms with Gasteiger partial charge in [-0.1, -0.05) is 15.9 Å². The minimum Gasteiger partial charge on any atom is -0.273 e. The standard InChI is InChI=1S/C10H7BrN2O4/c11-3-4-12-9(14)7-2-1-6(13(16)17)5-8(7)10(12)15/h1-2,5H,3-4H2. The number of hydrogen-bond donors (Lipinski definition) is 0. The molecule has 0 aliphatic carbocycles. The number of amides is 2. The van der Waals surface area contributed by atoms with Crippen LogP contribution in [0.15, 0.2) is 18.2 Å². The zero-order valence-electron chi connectivity index (χ0n) is 8.55. The van der Waals surface area contributed by atoms with E-state index in [0.717, 1.165) is 11.0 Å². The molecule has 1 aliphatic heterocycles. The fourth-order valence-corrected chi connectivity index (χ4v) is 2.03. The van der Waals surface area contributed by atoms with Crippen LogP contribution in [0, 0.1) is 10.1 Å². The lowest BCUT2D eigenvalue weighted by Gasteiger charge is -2.10. The molecule has 1 aromatic carbocycles. The molecular formula is C10H7BrN2O4. The van der Waals surface area contributed by atoms with E-state index in [1.807, 2.05) is 0 Å². The first-order valence-corrected chi connectivity index (χ1v) is 5.89. The summed E-state index contributed by atoms with van der Waals surface area (Å²) < 4.78 is 0. The van der Waals surface area contributed by atoms with Gasteiger partial charge in [0, 0.05) is 24.0 Å². The third kappa shape index (κ3) is 1.82. The van der Waals surface area contributed by atoms with Crippen LogP contribution in [-0.4, -0.2) is 33.5 Å². The molecule has 7 heteroatoms. The molecule has 17 heavy (non-hydrogen) atoms. The molecule has 0 saturated heterocycles. The Bertz CT molecular complexity index is 529. The van der Waals surface area contributed by atoms with E-state index in [-0.39, 0.29) is 23.4 Å². The molecule has 0 aromatic heterocycles. The predicted octanol–water partition coefficient (Wildman–Crippen LogP) is 1.59. The van der Waals surface area contributed by atoms with Gasteiger partial charge in [0.1, 0.15) is 0 Å². The maximum Gasteiger partial charge on any atom is 0.270 e. The Balaban J connectivity index is 2.47. The van der Waals surface area contributed by atoms with Gasteiger partial charge in [-0.15, -0.1) is 0 Å². The smallest absolute Gasteiger partial charge is 0.270 e. The largest absolute Gasteiger partial charge is 0.273 e. The topological polar surface area (TPSA) is 80.5 Å². The number of hydrogen-bond acceptors (Lipinski definition) is 4. The van der Waals surface area contributed by atoms with Gasteiger partial charge in [0.05, 0.1) is 16.1 Å². The van der Waals surface area contributed by atoms with Crippen molar-refractivity contribution in [2.75, 3.05) is 11.9 Å². The molecule has 0 atom stereocenters. The number of carbonyl (C=O) groups is 2. The van der Waals surface area contributed by atoms with Crippen molar-refractivity contribution in [1.82, 2.24) is 4.90 Å². The molecule has 1 aromatic rings. The number of nitrogens with zero attached hydrogens (tertiary/aromatic N) is 2. The summed E-state index contributed by atoms with van der Waals surface area (Å²) in [6.07, 6.45) is 0. The summed E-state index contributed by atoms with van der Waals surface area (Å²) in [6.45, 7) is 0.250. The Hall–Kier alpha value is -1.76. The van der Waals surface area contributed by atoms with Crippen LogP contribution in [0.1, 0.15) is 20.7 Å². The van der Waals surface area contributed by atoms with E-state index in [0.29, 0.717) is 5.33 Å². The molecule has 88 valence electrons. The van der Waals surface area contributed by atoms with Crippen molar-refractivity contribution in [2.45, 2.75) is 0 Å². The first-order valence-electron chi connectivity index (χ1n) is 4.77. The molecule has 1 aliphatic rings. The van der Waals surface area contributed by atoms with Gasteiger partial charge in [0.15, 0.2) is 0 Å². The van der Waals surface area contributed by atoms with Crippen LogP contribution < -0.4 is 0 Å². The molecule has 0 N–H and O–H groups in total. The number of rotatable bonds is 3. The summed E-state index contributed by atoms with van der Waals surface area (Å²) in [5.41, 5.74) is 0.136. The zero-order valence-corrected chi connectivity index (χ0v) is 10.1. The Labute approximate surface area is 104 Å². The number of nitro groups is 1. The van der Waals surface area contributed by atoms with Gasteiger partial charge in [-0.2, -0.15) is 0 Å². The van der Waals surface area contributed by atoms with Gasteiger partial charge in [-0.05, 0) is 6.07 Å². The lowest BCUT2D eigenvalue weighted by atomic mass is 10.1. The van der Waals surface area contributed by atoms with Crippen LogP contribution in [0.5, 0.6) is 0 Å². The number of benzene rings is 1. The van der Waals surface area contributed by atoms with Crippen LogP contribution in [-0.2, 0) is 0 Å². The number of nitro benzene ring substituents is 1. The normalized spacial score (nSPS) is 14.1. The van der Waals surface area contributed by atoms with Gasteiger partial charge in [-0.25, -0.2) is 0 Å². The number of carbonyl (C=O) groups excluding carboxylic acids is 2. The molecule has 0 radical (unpaired) electrons. The second-order valence-corrected chi connectivity index (χ2v) is 4.23. The number of fused-ring (bicyclic) bond motifs is 1. The predicted molar refractivity (Wildman–Crippen MR) is 62.3 cm³/mol. The van der Waals surface area contributed by atoms with E-state index < -0.39 is 16.7 Å². The maximum absolute atomic E-state index is 11.8. The Morgan fingerprint density at radius 1 is 1.24 bits per heavy atom. The number of halogens is 1. The second-order valence-electron chi connectivity index (χ2n) is 3.44. The average Bonchev–Trinajstić information content (AvgIpc) is 2.54.